The van der Waals surface area contributed by atoms with Crippen LogP contribution in [0.2, 0.25) is 0 Å². The smallest absolute Gasteiger partial charge is 0.329 e. The zero-order chi connectivity index (χ0) is 13.1. The van der Waals surface area contributed by atoms with Crippen LogP contribution in [-0.4, -0.2) is 29.6 Å². The zero-order valence-electron chi connectivity index (χ0n) is 9.29. The average molecular weight is 246 g/mol. The topological polar surface area (TPSA) is 86.7 Å². The van der Waals surface area contributed by atoms with Gasteiger partial charge in [0.1, 0.15) is 0 Å². The van der Waals surface area contributed by atoms with E-state index in [1.807, 2.05) is 0 Å². The Balaban J connectivity index is 2.29. The Hall–Kier alpha value is -2.63. The number of nitrogens with zero attached hydrogens (tertiary/aromatic N) is 1. The van der Waals surface area contributed by atoms with Gasteiger partial charge in [0.25, 0.3) is 5.91 Å². The highest BCUT2D eigenvalue weighted by molar-refractivity contribution is 6.19. The standard InChI is InChI=1S/C12H10N2O4/c15-10-7-13-12(18)14(10)9-3-1-2-8(6-9)4-5-11(16)17/h1-6H,7H2,(H,13,18)(H,16,17)/b5-4+. The Kier molecular flexibility index (Phi) is 3.09. The van der Waals surface area contributed by atoms with Crippen LogP contribution in [0.4, 0.5) is 10.5 Å². The lowest BCUT2D eigenvalue weighted by Gasteiger charge is -2.12. The van der Waals surface area contributed by atoms with Gasteiger partial charge in [-0.05, 0) is 23.8 Å². The van der Waals surface area contributed by atoms with Crippen molar-refractivity contribution in [2.75, 3.05) is 11.4 Å². The summed E-state index contributed by atoms with van der Waals surface area (Å²) in [6.45, 7) is -0.0198. The van der Waals surface area contributed by atoms with E-state index in [4.69, 9.17) is 5.11 Å². The number of aliphatic carboxylic acids is 1. The highest BCUT2D eigenvalue weighted by atomic mass is 16.4. The average Bonchev–Trinajstić information content (AvgIpc) is 2.67. The second-order valence-corrected chi connectivity index (χ2v) is 3.65. The predicted octanol–water partition coefficient (Wildman–Crippen LogP) is 0.841. The van der Waals surface area contributed by atoms with Crippen LogP contribution in [0.15, 0.2) is 30.3 Å². The largest absolute Gasteiger partial charge is 0.478 e. The molecule has 0 unspecified atom stereocenters. The SMILES string of the molecule is O=C(O)/C=C/c1cccc(N2C(=O)CNC2=O)c1. The van der Waals surface area contributed by atoms with E-state index in [0.717, 1.165) is 11.0 Å². The van der Waals surface area contributed by atoms with Gasteiger partial charge in [0.15, 0.2) is 0 Å². The number of hydrogen-bond donors (Lipinski definition) is 2. The van der Waals surface area contributed by atoms with Crippen LogP contribution in [0.25, 0.3) is 6.08 Å². The van der Waals surface area contributed by atoms with Crippen molar-refractivity contribution < 1.29 is 19.5 Å². The first-order chi connectivity index (χ1) is 8.58. The third kappa shape index (κ3) is 2.37. The van der Waals surface area contributed by atoms with Crippen molar-refractivity contribution in [2.45, 2.75) is 0 Å². The molecular weight excluding hydrogens is 236 g/mol. The summed E-state index contributed by atoms with van der Waals surface area (Å²) >= 11 is 0. The quantitative estimate of drug-likeness (QED) is 0.611. The molecule has 0 saturated carbocycles. The molecule has 2 rings (SSSR count). The number of imide groups is 1. The highest BCUT2D eigenvalue weighted by Gasteiger charge is 2.29. The minimum absolute atomic E-state index is 0.0198. The van der Waals surface area contributed by atoms with E-state index < -0.39 is 12.0 Å². The molecule has 1 saturated heterocycles. The lowest BCUT2D eigenvalue weighted by Crippen LogP contribution is -2.30. The number of carbonyl (C=O) groups excluding carboxylic acids is 2. The summed E-state index contributed by atoms with van der Waals surface area (Å²) in [6.07, 6.45) is 2.38. The molecule has 3 amide bonds. The molecular formula is C12H10N2O4. The van der Waals surface area contributed by atoms with Crippen molar-refractivity contribution in [1.82, 2.24) is 5.32 Å². The molecule has 0 aromatic heterocycles. The molecule has 1 aromatic carbocycles. The van der Waals surface area contributed by atoms with Crippen molar-refractivity contribution in [1.29, 1.82) is 0 Å². The van der Waals surface area contributed by atoms with Crippen LogP contribution in [0, 0.1) is 0 Å². The van der Waals surface area contributed by atoms with E-state index in [9.17, 15) is 14.4 Å². The molecule has 1 aliphatic rings. The fourth-order valence-electron chi connectivity index (χ4n) is 1.62. The van der Waals surface area contributed by atoms with Crippen molar-refractivity contribution in [3.8, 4) is 0 Å². The number of anilines is 1. The van der Waals surface area contributed by atoms with Gasteiger partial charge in [-0.15, -0.1) is 0 Å². The minimum atomic E-state index is -1.06. The Morgan fingerprint density at radius 1 is 1.39 bits per heavy atom. The van der Waals surface area contributed by atoms with Crippen LogP contribution in [0.1, 0.15) is 5.56 Å². The number of amides is 3. The van der Waals surface area contributed by atoms with Gasteiger partial charge in [-0.2, -0.15) is 0 Å². The number of nitrogens with one attached hydrogen (secondary N) is 1. The highest BCUT2D eigenvalue weighted by Crippen LogP contribution is 2.19. The third-order valence-corrected chi connectivity index (χ3v) is 2.39. The second kappa shape index (κ2) is 4.70. The van der Waals surface area contributed by atoms with Gasteiger partial charge in [-0.25, -0.2) is 14.5 Å². The van der Waals surface area contributed by atoms with E-state index in [0.29, 0.717) is 11.3 Å². The number of urea groups is 1. The van der Waals surface area contributed by atoms with Gasteiger partial charge in [0, 0.05) is 6.08 Å². The second-order valence-electron chi connectivity index (χ2n) is 3.65. The van der Waals surface area contributed by atoms with Gasteiger partial charge in [-0.3, -0.25) is 4.79 Å². The van der Waals surface area contributed by atoms with Gasteiger partial charge in [0.2, 0.25) is 0 Å². The molecule has 18 heavy (non-hydrogen) atoms. The van der Waals surface area contributed by atoms with Crippen LogP contribution in [-0.2, 0) is 9.59 Å². The summed E-state index contributed by atoms with van der Waals surface area (Å²) in [6, 6.07) is 6.04. The number of hydrogen-bond acceptors (Lipinski definition) is 3. The maximum Gasteiger partial charge on any atom is 0.329 e. The first kappa shape index (κ1) is 11.8. The van der Waals surface area contributed by atoms with Crippen molar-refractivity contribution in [3.05, 3.63) is 35.9 Å². The molecule has 6 nitrogen and oxygen atoms in total. The number of rotatable bonds is 3. The van der Waals surface area contributed by atoms with Crippen LogP contribution >= 0.6 is 0 Å². The summed E-state index contributed by atoms with van der Waals surface area (Å²) in [5, 5.41) is 10.9. The Morgan fingerprint density at radius 2 is 2.17 bits per heavy atom. The molecule has 0 bridgehead atoms. The summed E-state index contributed by atoms with van der Waals surface area (Å²) in [4.78, 5) is 34.4. The maximum absolute atomic E-state index is 11.5. The number of carboxylic acids is 1. The summed E-state index contributed by atoms with van der Waals surface area (Å²) in [7, 11) is 0. The normalized spacial score (nSPS) is 15.2. The van der Waals surface area contributed by atoms with Crippen molar-refractivity contribution >= 4 is 29.7 Å². The number of benzene rings is 1. The fraction of sp³-hybridized carbons (Fsp3) is 0.0833. The Morgan fingerprint density at radius 3 is 2.78 bits per heavy atom. The molecule has 0 spiro atoms. The molecule has 1 aromatic rings. The molecule has 0 aliphatic carbocycles. The molecule has 6 heteroatoms. The van der Waals surface area contributed by atoms with Crippen LogP contribution < -0.4 is 10.2 Å². The van der Waals surface area contributed by atoms with Gasteiger partial charge in [0.05, 0.1) is 12.2 Å². The van der Waals surface area contributed by atoms with Gasteiger partial charge in [-0.1, -0.05) is 12.1 Å². The minimum Gasteiger partial charge on any atom is -0.478 e. The van der Waals surface area contributed by atoms with Crippen LogP contribution in [0.3, 0.4) is 0 Å². The van der Waals surface area contributed by atoms with Gasteiger partial charge < -0.3 is 10.4 Å². The molecule has 2 N–H and O–H groups in total. The molecule has 0 radical (unpaired) electrons. The number of carbonyl (C=O) groups is 3. The van der Waals surface area contributed by atoms with E-state index in [-0.39, 0.29) is 12.5 Å². The first-order valence-corrected chi connectivity index (χ1v) is 5.20. The van der Waals surface area contributed by atoms with Gasteiger partial charge >= 0.3 is 12.0 Å². The van der Waals surface area contributed by atoms with Crippen molar-refractivity contribution in [3.63, 3.8) is 0 Å². The molecule has 92 valence electrons. The maximum atomic E-state index is 11.5. The van der Waals surface area contributed by atoms with Crippen molar-refractivity contribution in [2.24, 2.45) is 0 Å². The summed E-state index contributed by atoms with van der Waals surface area (Å²) in [5.74, 6) is -1.39. The zero-order valence-corrected chi connectivity index (χ0v) is 9.29. The van der Waals surface area contributed by atoms with E-state index in [1.54, 1.807) is 24.3 Å². The summed E-state index contributed by atoms with van der Waals surface area (Å²) < 4.78 is 0. The van der Waals surface area contributed by atoms with Crippen LogP contribution in [0.5, 0.6) is 0 Å². The molecule has 1 heterocycles. The molecule has 1 aliphatic heterocycles. The third-order valence-electron chi connectivity index (χ3n) is 2.39. The number of carboxylic acid groups (broad SMARTS) is 1. The Bertz CT molecular complexity index is 535. The lowest BCUT2D eigenvalue weighted by molar-refractivity contribution is -0.131. The molecule has 1 fully saturated rings. The predicted molar refractivity (Wildman–Crippen MR) is 64.0 cm³/mol. The summed E-state index contributed by atoms with van der Waals surface area (Å²) in [5.41, 5.74) is 1.02. The van der Waals surface area contributed by atoms with E-state index in [2.05, 4.69) is 5.32 Å². The molecule has 0 atom stereocenters. The Labute approximate surface area is 103 Å². The van der Waals surface area contributed by atoms with E-state index in [1.165, 1.54) is 6.08 Å². The first-order valence-electron chi connectivity index (χ1n) is 5.20. The monoisotopic (exact) mass is 246 g/mol. The fourth-order valence-corrected chi connectivity index (χ4v) is 1.62. The van der Waals surface area contributed by atoms with E-state index >= 15 is 0 Å². The lowest BCUT2D eigenvalue weighted by atomic mass is 10.1.